The van der Waals surface area contributed by atoms with E-state index in [1.165, 1.54) is 0 Å². The van der Waals surface area contributed by atoms with Crippen LogP contribution >= 0.6 is 0 Å². The molecule has 1 amide bonds. The lowest BCUT2D eigenvalue weighted by Crippen LogP contribution is -2.43. The molecule has 1 aliphatic rings. The van der Waals surface area contributed by atoms with Gasteiger partial charge in [-0.3, -0.25) is 14.7 Å². The molecule has 0 bridgehead atoms. The lowest BCUT2D eigenvalue weighted by atomic mass is 10.0. The molecule has 0 spiro atoms. The van der Waals surface area contributed by atoms with Gasteiger partial charge in [0.05, 0.1) is 11.3 Å². The number of aromatic nitrogens is 1. The highest BCUT2D eigenvalue weighted by atomic mass is 16.2. The summed E-state index contributed by atoms with van der Waals surface area (Å²) in [6, 6.07) is 21.3. The number of hydrogen-bond acceptors (Lipinski definition) is 3. The number of carbonyl (C=O) groups is 1. The molecule has 1 atom stereocenters. The Balaban J connectivity index is 1.88. The summed E-state index contributed by atoms with van der Waals surface area (Å²) in [4.78, 5) is 19.4. The number of rotatable bonds is 2. The molecule has 1 N–H and O–H groups in total. The van der Waals surface area contributed by atoms with Crippen LogP contribution in [0.5, 0.6) is 0 Å². The normalized spacial score (nSPS) is 16.5. The Morgan fingerprint density at radius 3 is 2.62 bits per heavy atom. The van der Waals surface area contributed by atoms with Gasteiger partial charge in [0.15, 0.2) is 6.17 Å². The molecule has 24 heavy (non-hydrogen) atoms. The van der Waals surface area contributed by atoms with E-state index < -0.39 is 0 Å². The largest absolute Gasteiger partial charge is 0.359 e. The third-order valence-corrected chi connectivity index (χ3v) is 4.17. The minimum atomic E-state index is -0.338. The number of anilines is 2. The maximum Gasteiger partial charge on any atom is 0.262 e. The lowest BCUT2D eigenvalue weighted by Gasteiger charge is -2.37. The van der Waals surface area contributed by atoms with Gasteiger partial charge in [0.1, 0.15) is 0 Å². The van der Waals surface area contributed by atoms with Crippen molar-refractivity contribution in [2.24, 2.45) is 0 Å². The molecule has 0 aliphatic carbocycles. The Hall–Kier alpha value is -3.14. The smallest absolute Gasteiger partial charge is 0.262 e. The zero-order valence-corrected chi connectivity index (χ0v) is 13.3. The van der Waals surface area contributed by atoms with Crippen LogP contribution in [0.15, 0.2) is 72.9 Å². The van der Waals surface area contributed by atoms with E-state index in [2.05, 4.69) is 10.3 Å². The molecule has 4 heteroatoms. The Morgan fingerprint density at radius 2 is 1.83 bits per heavy atom. The number of aryl methyl sites for hydroxylation is 1. The standard InChI is InChI=1S/C20H17N3O/c1-14-7-6-8-15(13-14)23-19(18-11-4-5-12-21-18)22-17-10-3-2-9-16(17)20(23)24/h2-13,19,22H,1H3/t19-/m1/s1. The zero-order valence-electron chi connectivity index (χ0n) is 13.3. The molecule has 2 heterocycles. The van der Waals surface area contributed by atoms with Crippen molar-refractivity contribution in [2.45, 2.75) is 13.1 Å². The highest BCUT2D eigenvalue weighted by Gasteiger charge is 2.34. The van der Waals surface area contributed by atoms with Crippen LogP contribution < -0.4 is 10.2 Å². The Labute approximate surface area is 140 Å². The van der Waals surface area contributed by atoms with Crippen molar-refractivity contribution in [3.05, 3.63) is 89.7 Å². The molecule has 1 aromatic heterocycles. The first-order valence-electron chi connectivity index (χ1n) is 7.91. The summed E-state index contributed by atoms with van der Waals surface area (Å²) in [5, 5.41) is 3.45. The molecule has 4 nitrogen and oxygen atoms in total. The lowest BCUT2D eigenvalue weighted by molar-refractivity contribution is 0.0974. The predicted molar refractivity (Wildman–Crippen MR) is 95.0 cm³/mol. The van der Waals surface area contributed by atoms with Gasteiger partial charge in [0, 0.05) is 17.6 Å². The molecule has 118 valence electrons. The molecule has 0 unspecified atom stereocenters. The van der Waals surface area contributed by atoms with Crippen LogP contribution in [0.3, 0.4) is 0 Å². The molecule has 0 radical (unpaired) electrons. The first-order valence-corrected chi connectivity index (χ1v) is 7.91. The Bertz CT molecular complexity index is 892. The Kier molecular flexibility index (Phi) is 3.50. The number of para-hydroxylation sites is 1. The molecule has 2 aromatic carbocycles. The van der Waals surface area contributed by atoms with E-state index in [4.69, 9.17) is 0 Å². The highest BCUT2D eigenvalue weighted by Crippen LogP contribution is 2.36. The number of carbonyl (C=O) groups excluding carboxylic acids is 1. The monoisotopic (exact) mass is 315 g/mol. The first-order chi connectivity index (χ1) is 11.7. The second-order valence-electron chi connectivity index (χ2n) is 5.86. The highest BCUT2D eigenvalue weighted by molar-refractivity contribution is 6.12. The molecular weight excluding hydrogens is 298 g/mol. The maximum absolute atomic E-state index is 13.2. The van der Waals surface area contributed by atoms with E-state index in [0.29, 0.717) is 5.56 Å². The number of pyridine rings is 1. The molecule has 0 saturated carbocycles. The van der Waals surface area contributed by atoms with Gasteiger partial charge >= 0.3 is 0 Å². The van der Waals surface area contributed by atoms with Crippen molar-refractivity contribution in [1.29, 1.82) is 0 Å². The summed E-state index contributed by atoms with van der Waals surface area (Å²) in [5.74, 6) is -0.0226. The summed E-state index contributed by atoms with van der Waals surface area (Å²) in [6.07, 6.45) is 1.41. The number of benzene rings is 2. The van der Waals surface area contributed by atoms with Gasteiger partial charge in [-0.25, -0.2) is 0 Å². The second-order valence-corrected chi connectivity index (χ2v) is 5.86. The predicted octanol–water partition coefficient (Wildman–Crippen LogP) is 4.16. The van der Waals surface area contributed by atoms with E-state index >= 15 is 0 Å². The zero-order chi connectivity index (χ0) is 16.5. The fourth-order valence-corrected chi connectivity index (χ4v) is 3.04. The van der Waals surface area contributed by atoms with E-state index in [9.17, 15) is 4.79 Å². The third kappa shape index (κ3) is 2.42. The van der Waals surface area contributed by atoms with Crippen LogP contribution in [0.1, 0.15) is 27.8 Å². The maximum atomic E-state index is 13.2. The van der Waals surface area contributed by atoms with Crippen molar-refractivity contribution < 1.29 is 4.79 Å². The van der Waals surface area contributed by atoms with Crippen molar-refractivity contribution in [1.82, 2.24) is 4.98 Å². The van der Waals surface area contributed by atoms with Gasteiger partial charge < -0.3 is 5.32 Å². The summed E-state index contributed by atoms with van der Waals surface area (Å²) in [7, 11) is 0. The number of hydrogen-bond donors (Lipinski definition) is 1. The van der Waals surface area contributed by atoms with E-state index in [1.807, 2.05) is 73.7 Å². The average Bonchev–Trinajstić information content (AvgIpc) is 2.62. The van der Waals surface area contributed by atoms with Gasteiger partial charge in [0.2, 0.25) is 0 Å². The third-order valence-electron chi connectivity index (χ3n) is 4.17. The summed E-state index contributed by atoms with van der Waals surface area (Å²) in [6.45, 7) is 2.02. The summed E-state index contributed by atoms with van der Waals surface area (Å²) >= 11 is 0. The van der Waals surface area contributed by atoms with Crippen molar-refractivity contribution in [3.63, 3.8) is 0 Å². The molecule has 1 aliphatic heterocycles. The molecule has 4 rings (SSSR count). The second kappa shape index (κ2) is 5.81. The SMILES string of the molecule is Cc1cccc(N2C(=O)c3ccccc3N[C@H]2c2ccccn2)c1. The van der Waals surface area contributed by atoms with Gasteiger partial charge in [-0.15, -0.1) is 0 Å². The van der Waals surface area contributed by atoms with Crippen molar-refractivity contribution in [2.75, 3.05) is 10.2 Å². The van der Waals surface area contributed by atoms with E-state index in [1.54, 1.807) is 11.1 Å². The fourth-order valence-electron chi connectivity index (χ4n) is 3.04. The first kappa shape index (κ1) is 14.5. The van der Waals surface area contributed by atoms with E-state index in [-0.39, 0.29) is 12.1 Å². The van der Waals surface area contributed by atoms with Gasteiger partial charge in [0.25, 0.3) is 5.91 Å². The number of nitrogens with one attached hydrogen (secondary N) is 1. The molecule has 0 fully saturated rings. The van der Waals surface area contributed by atoms with Crippen LogP contribution in [-0.2, 0) is 0 Å². The van der Waals surface area contributed by atoms with Crippen LogP contribution in [0.2, 0.25) is 0 Å². The molecule has 3 aromatic rings. The summed E-state index contributed by atoms with van der Waals surface area (Å²) < 4.78 is 0. The van der Waals surface area contributed by atoms with Gasteiger partial charge in [-0.05, 0) is 48.9 Å². The minimum absolute atomic E-state index is 0.0226. The van der Waals surface area contributed by atoms with Crippen molar-refractivity contribution >= 4 is 17.3 Å². The number of fused-ring (bicyclic) bond motifs is 1. The van der Waals surface area contributed by atoms with Gasteiger partial charge in [-0.1, -0.05) is 30.3 Å². The van der Waals surface area contributed by atoms with E-state index in [0.717, 1.165) is 22.6 Å². The minimum Gasteiger partial charge on any atom is -0.359 e. The van der Waals surface area contributed by atoms with Crippen LogP contribution in [0, 0.1) is 6.92 Å². The topological polar surface area (TPSA) is 45.2 Å². The fraction of sp³-hybridized carbons (Fsp3) is 0.100. The summed E-state index contributed by atoms with van der Waals surface area (Å²) in [5.41, 5.74) is 4.28. The van der Waals surface area contributed by atoms with Crippen LogP contribution in [0.4, 0.5) is 11.4 Å². The quantitative estimate of drug-likeness (QED) is 0.772. The Morgan fingerprint density at radius 1 is 1.00 bits per heavy atom. The van der Waals surface area contributed by atoms with Crippen LogP contribution in [0.25, 0.3) is 0 Å². The number of nitrogens with zero attached hydrogens (tertiary/aromatic N) is 2. The molecule has 0 saturated heterocycles. The average molecular weight is 315 g/mol. The number of amides is 1. The van der Waals surface area contributed by atoms with Gasteiger partial charge in [-0.2, -0.15) is 0 Å². The molecular formula is C20H17N3O. The van der Waals surface area contributed by atoms with Crippen molar-refractivity contribution in [3.8, 4) is 0 Å². The van der Waals surface area contributed by atoms with Crippen LogP contribution in [-0.4, -0.2) is 10.9 Å².